The number of anilines is 3. The number of nitrogens with zero attached hydrogens (tertiary/aromatic N) is 1. The van der Waals surface area contributed by atoms with Crippen molar-refractivity contribution in [3.63, 3.8) is 0 Å². The van der Waals surface area contributed by atoms with E-state index in [1.807, 2.05) is 24.3 Å². The zero-order chi connectivity index (χ0) is 33.7. The van der Waals surface area contributed by atoms with E-state index in [2.05, 4.69) is 169 Å². The van der Waals surface area contributed by atoms with Crippen molar-refractivity contribution < 1.29 is 8.83 Å². The molecule has 2 aromatic heterocycles. The molecule has 3 heteroatoms. The number of rotatable bonds is 6. The van der Waals surface area contributed by atoms with Gasteiger partial charge in [0.2, 0.25) is 0 Å². The lowest BCUT2D eigenvalue weighted by Gasteiger charge is -2.26. The Hall–Kier alpha value is -6.84. The van der Waals surface area contributed by atoms with Crippen molar-refractivity contribution in [2.24, 2.45) is 0 Å². The summed E-state index contributed by atoms with van der Waals surface area (Å²) in [6.45, 7) is 0. The summed E-state index contributed by atoms with van der Waals surface area (Å²) in [6, 6.07) is 66.1. The van der Waals surface area contributed by atoms with E-state index in [1.54, 1.807) is 0 Å². The van der Waals surface area contributed by atoms with E-state index in [9.17, 15) is 0 Å². The quantitative estimate of drug-likeness (QED) is 0.179. The highest BCUT2D eigenvalue weighted by atomic mass is 16.3. The number of fused-ring (bicyclic) bond motifs is 7. The molecule has 2 heterocycles. The molecule has 240 valence electrons. The third-order valence-corrected chi connectivity index (χ3v) is 9.88. The first-order valence-electron chi connectivity index (χ1n) is 17.3. The van der Waals surface area contributed by atoms with Crippen LogP contribution in [0.5, 0.6) is 0 Å². The Morgan fingerprint density at radius 1 is 0.314 bits per heavy atom. The van der Waals surface area contributed by atoms with Gasteiger partial charge in [-0.2, -0.15) is 0 Å². The van der Waals surface area contributed by atoms with E-state index in [0.717, 1.165) is 72.1 Å². The lowest BCUT2D eigenvalue weighted by atomic mass is 9.99. The number of para-hydroxylation sites is 2. The Morgan fingerprint density at radius 2 is 0.824 bits per heavy atom. The summed E-state index contributed by atoms with van der Waals surface area (Å²) >= 11 is 0. The maximum absolute atomic E-state index is 6.69. The van der Waals surface area contributed by atoms with Gasteiger partial charge in [-0.1, -0.05) is 133 Å². The average molecular weight is 654 g/mol. The molecule has 0 aliphatic heterocycles. The van der Waals surface area contributed by atoms with Crippen LogP contribution in [0.3, 0.4) is 0 Å². The molecule has 0 amide bonds. The van der Waals surface area contributed by atoms with E-state index in [0.29, 0.717) is 0 Å². The predicted octanol–water partition coefficient (Wildman–Crippen LogP) is 14.0. The second-order valence-electron chi connectivity index (χ2n) is 12.9. The molecule has 0 fully saturated rings. The van der Waals surface area contributed by atoms with Gasteiger partial charge in [-0.15, -0.1) is 0 Å². The summed E-state index contributed by atoms with van der Waals surface area (Å²) in [5, 5.41) is 4.36. The van der Waals surface area contributed by atoms with E-state index >= 15 is 0 Å². The molecular formula is C48H31NO2. The summed E-state index contributed by atoms with van der Waals surface area (Å²) in [7, 11) is 0. The number of hydrogen-bond acceptors (Lipinski definition) is 3. The van der Waals surface area contributed by atoms with Crippen LogP contribution >= 0.6 is 0 Å². The second kappa shape index (κ2) is 11.9. The van der Waals surface area contributed by atoms with Gasteiger partial charge < -0.3 is 13.7 Å². The minimum absolute atomic E-state index is 0.853. The molecule has 0 aliphatic carbocycles. The van der Waals surface area contributed by atoms with Crippen molar-refractivity contribution in [2.75, 3.05) is 4.90 Å². The van der Waals surface area contributed by atoms with Crippen LogP contribution in [0.25, 0.3) is 77.3 Å². The van der Waals surface area contributed by atoms with Crippen molar-refractivity contribution in [3.05, 3.63) is 188 Å². The van der Waals surface area contributed by atoms with Crippen molar-refractivity contribution in [3.8, 4) is 33.4 Å². The van der Waals surface area contributed by atoms with Gasteiger partial charge in [0, 0.05) is 44.2 Å². The highest BCUT2D eigenvalue weighted by Crippen LogP contribution is 2.44. The van der Waals surface area contributed by atoms with Crippen molar-refractivity contribution in [2.45, 2.75) is 0 Å². The fourth-order valence-corrected chi connectivity index (χ4v) is 7.46. The first-order valence-corrected chi connectivity index (χ1v) is 17.3. The van der Waals surface area contributed by atoms with Gasteiger partial charge in [0.1, 0.15) is 22.3 Å². The Morgan fingerprint density at radius 3 is 1.49 bits per heavy atom. The molecule has 3 nitrogen and oxygen atoms in total. The summed E-state index contributed by atoms with van der Waals surface area (Å²) in [6.07, 6.45) is 0. The van der Waals surface area contributed by atoms with Crippen molar-refractivity contribution in [1.82, 2.24) is 0 Å². The van der Waals surface area contributed by atoms with Gasteiger partial charge in [0.05, 0.1) is 0 Å². The molecule has 0 aliphatic rings. The molecule has 0 atom stereocenters. The zero-order valence-electron chi connectivity index (χ0n) is 27.7. The minimum Gasteiger partial charge on any atom is -0.456 e. The van der Waals surface area contributed by atoms with E-state index < -0.39 is 0 Å². The SMILES string of the molecule is c1ccc(-c2ccc(N(c3ccc(-c4ccccc4)cc3)c3cccc(-c4cccc5c4oc4ccc6oc7ccccc7c6c45)c3)cc2)cc1. The van der Waals surface area contributed by atoms with Gasteiger partial charge in [-0.3, -0.25) is 0 Å². The molecule has 0 N–H and O–H groups in total. The summed E-state index contributed by atoms with van der Waals surface area (Å²) in [5.41, 5.74) is 13.6. The number of benzene rings is 8. The molecule has 0 unspecified atom stereocenters. The molecule has 0 spiro atoms. The summed E-state index contributed by atoms with van der Waals surface area (Å²) < 4.78 is 12.9. The smallest absolute Gasteiger partial charge is 0.143 e. The lowest BCUT2D eigenvalue weighted by Crippen LogP contribution is -2.10. The Balaban J connectivity index is 1.11. The average Bonchev–Trinajstić information content (AvgIpc) is 3.78. The third-order valence-electron chi connectivity index (χ3n) is 9.88. The van der Waals surface area contributed by atoms with Gasteiger partial charge in [0.25, 0.3) is 0 Å². The predicted molar refractivity (Wildman–Crippen MR) is 212 cm³/mol. The standard InChI is InChI=1S/C48H31NO2/c1-3-11-32(12-4-1)34-21-25-37(26-22-34)49(38-27-23-35(24-28-38)33-13-5-2-6-14-33)39-16-9-15-36(31-39)40-18-10-19-42-47-45(51-48(40)42)30-29-44-46(47)41-17-7-8-20-43(41)50-44/h1-31H. The van der Waals surface area contributed by atoms with Gasteiger partial charge >= 0.3 is 0 Å². The molecule has 0 bridgehead atoms. The Kier molecular flexibility index (Phi) is 6.81. The van der Waals surface area contributed by atoms with Crippen LogP contribution in [-0.2, 0) is 0 Å². The molecule has 10 aromatic rings. The maximum atomic E-state index is 6.69. The molecule has 10 rings (SSSR count). The highest BCUT2D eigenvalue weighted by Gasteiger charge is 2.20. The third kappa shape index (κ3) is 4.98. The van der Waals surface area contributed by atoms with E-state index in [-0.39, 0.29) is 0 Å². The second-order valence-corrected chi connectivity index (χ2v) is 12.9. The minimum atomic E-state index is 0.853. The Labute approximate surface area is 295 Å². The van der Waals surface area contributed by atoms with Gasteiger partial charge in [-0.25, -0.2) is 0 Å². The lowest BCUT2D eigenvalue weighted by molar-refractivity contribution is 0.663. The van der Waals surface area contributed by atoms with Gasteiger partial charge in [-0.05, 0) is 82.4 Å². The number of hydrogen-bond donors (Lipinski definition) is 0. The summed E-state index contributed by atoms with van der Waals surface area (Å²) in [5.74, 6) is 0. The monoisotopic (exact) mass is 653 g/mol. The number of furan rings is 2. The molecule has 0 saturated carbocycles. The Bertz CT molecular complexity index is 2750. The summed E-state index contributed by atoms with van der Waals surface area (Å²) in [4.78, 5) is 2.33. The molecule has 0 saturated heterocycles. The van der Waals surface area contributed by atoms with Crippen LogP contribution in [0.1, 0.15) is 0 Å². The van der Waals surface area contributed by atoms with Crippen molar-refractivity contribution in [1.29, 1.82) is 0 Å². The van der Waals surface area contributed by atoms with E-state index in [4.69, 9.17) is 8.83 Å². The fraction of sp³-hybridized carbons (Fsp3) is 0. The molecule has 51 heavy (non-hydrogen) atoms. The van der Waals surface area contributed by atoms with E-state index in [1.165, 1.54) is 22.3 Å². The van der Waals surface area contributed by atoms with Crippen LogP contribution in [0.2, 0.25) is 0 Å². The van der Waals surface area contributed by atoms with Crippen LogP contribution in [0.4, 0.5) is 17.1 Å². The topological polar surface area (TPSA) is 29.5 Å². The first-order chi connectivity index (χ1) is 25.3. The van der Waals surface area contributed by atoms with Crippen LogP contribution in [-0.4, -0.2) is 0 Å². The zero-order valence-corrected chi connectivity index (χ0v) is 27.7. The maximum Gasteiger partial charge on any atom is 0.143 e. The van der Waals surface area contributed by atoms with Crippen LogP contribution in [0.15, 0.2) is 197 Å². The van der Waals surface area contributed by atoms with Crippen molar-refractivity contribution >= 4 is 60.9 Å². The van der Waals surface area contributed by atoms with Crippen LogP contribution < -0.4 is 4.90 Å². The molecule has 0 radical (unpaired) electrons. The molecule has 8 aromatic carbocycles. The fourth-order valence-electron chi connectivity index (χ4n) is 7.46. The normalized spacial score (nSPS) is 11.5. The highest BCUT2D eigenvalue weighted by molar-refractivity contribution is 6.26. The first kappa shape index (κ1) is 29.1. The van der Waals surface area contributed by atoms with Crippen LogP contribution in [0, 0.1) is 0 Å². The largest absolute Gasteiger partial charge is 0.456 e. The molecular weight excluding hydrogens is 623 g/mol. The van der Waals surface area contributed by atoms with Gasteiger partial charge in [0.15, 0.2) is 0 Å².